The van der Waals surface area contributed by atoms with Crippen molar-refractivity contribution in [2.24, 2.45) is 5.73 Å². The molecule has 0 unspecified atom stereocenters. The lowest BCUT2D eigenvalue weighted by molar-refractivity contribution is -0.385. The van der Waals surface area contributed by atoms with Crippen LogP contribution in [0.4, 0.5) is 5.69 Å². The van der Waals surface area contributed by atoms with Gasteiger partial charge < -0.3 is 10.5 Å². The summed E-state index contributed by atoms with van der Waals surface area (Å²) < 4.78 is 5.66. The average Bonchev–Trinajstić information content (AvgIpc) is 2.43. The highest BCUT2D eigenvalue weighted by Crippen LogP contribution is 2.34. The summed E-state index contributed by atoms with van der Waals surface area (Å²) in [6, 6.07) is 12.3. The second kappa shape index (κ2) is 6.16. The van der Waals surface area contributed by atoms with Crippen LogP contribution in [-0.2, 0) is 6.42 Å². The molecule has 0 bridgehead atoms. The van der Waals surface area contributed by atoms with Crippen LogP contribution in [0.25, 0.3) is 0 Å². The first kappa shape index (κ1) is 14.0. The number of benzene rings is 2. The first-order valence-electron chi connectivity index (χ1n) is 6.32. The van der Waals surface area contributed by atoms with E-state index in [2.05, 4.69) is 0 Å². The highest BCUT2D eigenvalue weighted by atomic mass is 16.6. The minimum Gasteiger partial charge on any atom is -0.450 e. The molecule has 0 saturated carbocycles. The van der Waals surface area contributed by atoms with Crippen molar-refractivity contribution in [1.82, 2.24) is 0 Å². The van der Waals surface area contributed by atoms with Crippen molar-refractivity contribution >= 4 is 5.69 Å². The fourth-order valence-electron chi connectivity index (χ4n) is 1.92. The summed E-state index contributed by atoms with van der Waals surface area (Å²) >= 11 is 0. The number of nitrogens with two attached hydrogens (primary N) is 1. The first-order chi connectivity index (χ1) is 9.61. The molecule has 0 spiro atoms. The number of nitro benzene ring substituents is 1. The van der Waals surface area contributed by atoms with Crippen molar-refractivity contribution in [2.45, 2.75) is 13.3 Å². The predicted octanol–water partition coefficient (Wildman–Crippen LogP) is 3.20. The van der Waals surface area contributed by atoms with Crippen molar-refractivity contribution in [3.05, 3.63) is 63.7 Å². The van der Waals surface area contributed by atoms with Gasteiger partial charge in [-0.3, -0.25) is 10.1 Å². The molecule has 0 aliphatic carbocycles. The summed E-state index contributed by atoms with van der Waals surface area (Å²) in [5, 5.41) is 11.0. The number of ether oxygens (including phenoxy) is 1. The van der Waals surface area contributed by atoms with Crippen molar-refractivity contribution in [1.29, 1.82) is 0 Å². The van der Waals surface area contributed by atoms with Gasteiger partial charge in [0.2, 0.25) is 5.75 Å². The van der Waals surface area contributed by atoms with E-state index in [9.17, 15) is 10.1 Å². The van der Waals surface area contributed by atoms with Gasteiger partial charge in [-0.1, -0.05) is 24.3 Å². The summed E-state index contributed by atoms with van der Waals surface area (Å²) in [4.78, 5) is 10.6. The van der Waals surface area contributed by atoms with Gasteiger partial charge in [-0.05, 0) is 43.1 Å². The third kappa shape index (κ3) is 3.13. The highest BCUT2D eigenvalue weighted by molar-refractivity contribution is 5.53. The third-order valence-electron chi connectivity index (χ3n) is 2.96. The van der Waals surface area contributed by atoms with Crippen LogP contribution in [0.3, 0.4) is 0 Å². The number of nitrogens with zero attached hydrogens (tertiary/aromatic N) is 1. The largest absolute Gasteiger partial charge is 0.450 e. The third-order valence-corrected chi connectivity index (χ3v) is 2.96. The molecule has 20 heavy (non-hydrogen) atoms. The van der Waals surface area contributed by atoms with Gasteiger partial charge >= 0.3 is 5.69 Å². The zero-order valence-corrected chi connectivity index (χ0v) is 11.2. The summed E-state index contributed by atoms with van der Waals surface area (Å²) in [6.07, 6.45) is 0.796. The molecule has 2 N–H and O–H groups in total. The maximum absolute atomic E-state index is 11.0. The zero-order chi connectivity index (χ0) is 14.5. The summed E-state index contributed by atoms with van der Waals surface area (Å²) in [6.45, 7) is 2.37. The Morgan fingerprint density at radius 1 is 1.20 bits per heavy atom. The molecule has 0 fully saturated rings. The Hall–Kier alpha value is -2.40. The van der Waals surface area contributed by atoms with Crippen LogP contribution in [0.15, 0.2) is 42.5 Å². The monoisotopic (exact) mass is 272 g/mol. The Morgan fingerprint density at radius 2 is 1.90 bits per heavy atom. The Balaban J connectivity index is 2.27. The molecule has 0 saturated heterocycles. The standard InChI is InChI=1S/C15H16N2O3/c1-11-3-2-4-14(17(18)19)15(11)20-13-7-5-12(6-8-13)9-10-16/h2-8H,9-10,16H2,1H3. The molecule has 0 aromatic heterocycles. The summed E-state index contributed by atoms with van der Waals surface area (Å²) in [7, 11) is 0. The van der Waals surface area contributed by atoms with Crippen molar-refractivity contribution in [3.8, 4) is 11.5 Å². The maximum atomic E-state index is 11.0. The number of aryl methyl sites for hydroxylation is 1. The number of rotatable bonds is 5. The van der Waals surface area contributed by atoms with Crippen LogP contribution in [0.2, 0.25) is 0 Å². The molecule has 2 aromatic rings. The molecule has 0 amide bonds. The van der Waals surface area contributed by atoms with E-state index >= 15 is 0 Å². The van der Waals surface area contributed by atoms with Gasteiger partial charge in [-0.25, -0.2) is 0 Å². The molecule has 2 rings (SSSR count). The van der Waals surface area contributed by atoms with Gasteiger partial charge in [-0.15, -0.1) is 0 Å². The Labute approximate surface area is 117 Å². The molecular weight excluding hydrogens is 256 g/mol. The minimum absolute atomic E-state index is 0.0314. The van der Waals surface area contributed by atoms with E-state index in [0.29, 0.717) is 12.3 Å². The normalized spacial score (nSPS) is 10.3. The van der Waals surface area contributed by atoms with Gasteiger partial charge in [-0.2, -0.15) is 0 Å². The van der Waals surface area contributed by atoms with Crippen LogP contribution < -0.4 is 10.5 Å². The molecular formula is C15H16N2O3. The summed E-state index contributed by atoms with van der Waals surface area (Å²) in [5.74, 6) is 0.854. The van der Waals surface area contributed by atoms with Crippen molar-refractivity contribution in [3.63, 3.8) is 0 Å². The molecule has 5 heteroatoms. The first-order valence-corrected chi connectivity index (χ1v) is 6.32. The van der Waals surface area contributed by atoms with E-state index < -0.39 is 4.92 Å². The molecule has 0 heterocycles. The van der Waals surface area contributed by atoms with E-state index in [1.807, 2.05) is 12.1 Å². The fraction of sp³-hybridized carbons (Fsp3) is 0.200. The molecule has 0 atom stereocenters. The van der Waals surface area contributed by atoms with Gasteiger partial charge in [0, 0.05) is 6.07 Å². The SMILES string of the molecule is Cc1cccc([N+](=O)[O-])c1Oc1ccc(CCN)cc1. The van der Waals surface area contributed by atoms with Crippen LogP contribution in [0, 0.1) is 17.0 Å². The average molecular weight is 272 g/mol. The lowest BCUT2D eigenvalue weighted by Crippen LogP contribution is -2.02. The van der Waals surface area contributed by atoms with Gasteiger partial charge in [0.1, 0.15) is 5.75 Å². The van der Waals surface area contributed by atoms with Gasteiger partial charge in [0.05, 0.1) is 4.92 Å². The van der Waals surface area contributed by atoms with E-state index in [1.165, 1.54) is 6.07 Å². The zero-order valence-electron chi connectivity index (χ0n) is 11.2. The maximum Gasteiger partial charge on any atom is 0.311 e. The number of nitro groups is 1. The Kier molecular flexibility index (Phi) is 4.32. The molecule has 0 radical (unpaired) electrons. The number of hydrogen-bond donors (Lipinski definition) is 1. The lowest BCUT2D eigenvalue weighted by Gasteiger charge is -2.09. The summed E-state index contributed by atoms with van der Waals surface area (Å²) in [5.41, 5.74) is 7.29. The topological polar surface area (TPSA) is 78.4 Å². The van der Waals surface area contributed by atoms with E-state index in [4.69, 9.17) is 10.5 Å². The predicted molar refractivity (Wildman–Crippen MR) is 77.1 cm³/mol. The van der Waals surface area contributed by atoms with Crippen LogP contribution >= 0.6 is 0 Å². The molecule has 5 nitrogen and oxygen atoms in total. The lowest BCUT2D eigenvalue weighted by atomic mass is 10.1. The van der Waals surface area contributed by atoms with Gasteiger partial charge in [0.15, 0.2) is 0 Å². The molecule has 0 aliphatic heterocycles. The molecule has 2 aromatic carbocycles. The van der Waals surface area contributed by atoms with E-state index in [0.717, 1.165) is 17.5 Å². The van der Waals surface area contributed by atoms with Crippen molar-refractivity contribution in [2.75, 3.05) is 6.54 Å². The minimum atomic E-state index is -0.439. The van der Waals surface area contributed by atoms with E-state index in [-0.39, 0.29) is 11.4 Å². The highest BCUT2D eigenvalue weighted by Gasteiger charge is 2.17. The molecule has 104 valence electrons. The molecule has 0 aliphatic rings. The number of hydrogen-bond acceptors (Lipinski definition) is 4. The fourth-order valence-corrected chi connectivity index (χ4v) is 1.92. The second-order valence-corrected chi connectivity index (χ2v) is 4.46. The Bertz CT molecular complexity index is 609. The van der Waals surface area contributed by atoms with Crippen LogP contribution in [0.5, 0.6) is 11.5 Å². The van der Waals surface area contributed by atoms with Crippen LogP contribution in [-0.4, -0.2) is 11.5 Å². The van der Waals surface area contributed by atoms with Crippen LogP contribution in [0.1, 0.15) is 11.1 Å². The quantitative estimate of drug-likeness (QED) is 0.669. The Morgan fingerprint density at radius 3 is 2.50 bits per heavy atom. The van der Waals surface area contributed by atoms with E-state index in [1.54, 1.807) is 31.2 Å². The smallest absolute Gasteiger partial charge is 0.311 e. The second-order valence-electron chi connectivity index (χ2n) is 4.46. The number of para-hydroxylation sites is 1. The van der Waals surface area contributed by atoms with Gasteiger partial charge in [0.25, 0.3) is 0 Å². The van der Waals surface area contributed by atoms with Crippen molar-refractivity contribution < 1.29 is 9.66 Å².